The van der Waals surface area contributed by atoms with E-state index in [0.29, 0.717) is 16.9 Å². The lowest BCUT2D eigenvalue weighted by Gasteiger charge is -2.08. The second-order valence-corrected chi connectivity index (χ2v) is 4.22. The van der Waals surface area contributed by atoms with Crippen molar-refractivity contribution in [3.05, 3.63) is 65.0 Å². The molecule has 0 amide bonds. The Kier molecular flexibility index (Phi) is 4.52. The molecular formula is C16H12FNO3. The smallest absolute Gasteiger partial charge is 0.337 e. The van der Waals surface area contributed by atoms with Crippen LogP contribution in [0, 0.1) is 17.1 Å². The van der Waals surface area contributed by atoms with Gasteiger partial charge in [0.2, 0.25) is 0 Å². The molecule has 0 aromatic heterocycles. The van der Waals surface area contributed by atoms with Crippen LogP contribution in [0.5, 0.6) is 5.75 Å². The lowest BCUT2D eigenvalue weighted by atomic mass is 10.1. The Morgan fingerprint density at radius 3 is 2.57 bits per heavy atom. The molecule has 0 saturated carbocycles. The number of esters is 1. The first-order chi connectivity index (χ1) is 10.1. The van der Waals surface area contributed by atoms with Crippen LogP contribution in [0.1, 0.15) is 21.5 Å². The summed E-state index contributed by atoms with van der Waals surface area (Å²) < 4.78 is 23.1. The zero-order chi connectivity index (χ0) is 15.2. The van der Waals surface area contributed by atoms with Gasteiger partial charge in [0, 0.05) is 5.56 Å². The minimum atomic E-state index is -0.460. The molecule has 0 unspecified atom stereocenters. The van der Waals surface area contributed by atoms with Gasteiger partial charge in [0.25, 0.3) is 0 Å². The van der Waals surface area contributed by atoms with Crippen LogP contribution >= 0.6 is 0 Å². The summed E-state index contributed by atoms with van der Waals surface area (Å²) in [6.45, 7) is 0.140. The molecule has 0 aliphatic rings. The normalized spacial score (nSPS) is 9.76. The van der Waals surface area contributed by atoms with Crippen LogP contribution in [0.2, 0.25) is 0 Å². The van der Waals surface area contributed by atoms with Crippen LogP contribution in [0.15, 0.2) is 42.5 Å². The highest BCUT2D eigenvalue weighted by Gasteiger charge is 2.07. The molecule has 5 heteroatoms. The van der Waals surface area contributed by atoms with Gasteiger partial charge in [-0.15, -0.1) is 0 Å². The molecule has 0 atom stereocenters. The molecule has 0 N–H and O–H groups in total. The topological polar surface area (TPSA) is 59.3 Å². The Morgan fingerprint density at radius 2 is 1.95 bits per heavy atom. The highest BCUT2D eigenvalue weighted by molar-refractivity contribution is 5.89. The van der Waals surface area contributed by atoms with Gasteiger partial charge < -0.3 is 9.47 Å². The molecule has 0 aliphatic carbocycles. The van der Waals surface area contributed by atoms with E-state index in [9.17, 15) is 9.18 Å². The molecule has 0 aliphatic heterocycles. The van der Waals surface area contributed by atoms with E-state index in [-0.39, 0.29) is 12.2 Å². The molecule has 2 aromatic carbocycles. The van der Waals surface area contributed by atoms with Gasteiger partial charge in [0.1, 0.15) is 18.2 Å². The third-order valence-electron chi connectivity index (χ3n) is 2.86. The standard InChI is InChI=1S/C16H12FNO3/c1-20-16(19)11-3-6-15(7-4-11)21-10-12-2-5-14(17)8-13(12)9-18/h2-8H,10H2,1H3. The van der Waals surface area contributed by atoms with Crippen molar-refractivity contribution in [2.24, 2.45) is 0 Å². The van der Waals surface area contributed by atoms with Crippen molar-refractivity contribution in [2.75, 3.05) is 7.11 Å². The largest absolute Gasteiger partial charge is 0.489 e. The monoisotopic (exact) mass is 285 g/mol. The van der Waals surface area contributed by atoms with Crippen molar-refractivity contribution in [1.29, 1.82) is 5.26 Å². The predicted molar refractivity (Wildman–Crippen MR) is 73.2 cm³/mol. The summed E-state index contributed by atoms with van der Waals surface area (Å²) in [6, 6.07) is 12.3. The third-order valence-corrected chi connectivity index (χ3v) is 2.86. The van der Waals surface area contributed by atoms with E-state index in [4.69, 9.17) is 10.00 Å². The van der Waals surface area contributed by atoms with Crippen molar-refractivity contribution >= 4 is 5.97 Å². The second-order valence-electron chi connectivity index (χ2n) is 4.22. The zero-order valence-electron chi connectivity index (χ0n) is 11.3. The summed E-state index contributed by atoms with van der Waals surface area (Å²) in [7, 11) is 1.31. The van der Waals surface area contributed by atoms with Crippen LogP contribution in [-0.4, -0.2) is 13.1 Å². The summed E-state index contributed by atoms with van der Waals surface area (Å²) in [6.07, 6.45) is 0. The number of carbonyl (C=O) groups excluding carboxylic acids is 1. The van der Waals surface area contributed by atoms with Gasteiger partial charge in [-0.1, -0.05) is 6.07 Å². The van der Waals surface area contributed by atoms with Crippen LogP contribution in [0.3, 0.4) is 0 Å². The number of nitriles is 1. The predicted octanol–water partition coefficient (Wildman–Crippen LogP) is 3.06. The van der Waals surface area contributed by atoms with Crippen LogP contribution in [-0.2, 0) is 11.3 Å². The molecule has 0 heterocycles. The Labute approximate surface area is 121 Å². The summed E-state index contributed by atoms with van der Waals surface area (Å²) in [5, 5.41) is 8.94. The Balaban J connectivity index is 2.07. The first kappa shape index (κ1) is 14.5. The van der Waals surface area contributed by atoms with E-state index in [1.165, 1.54) is 25.3 Å². The zero-order valence-corrected chi connectivity index (χ0v) is 11.3. The van der Waals surface area contributed by atoms with Crippen molar-refractivity contribution in [3.8, 4) is 11.8 Å². The maximum absolute atomic E-state index is 13.0. The molecular weight excluding hydrogens is 273 g/mol. The lowest BCUT2D eigenvalue weighted by Crippen LogP contribution is -2.02. The van der Waals surface area contributed by atoms with Gasteiger partial charge in [-0.2, -0.15) is 5.26 Å². The maximum Gasteiger partial charge on any atom is 0.337 e. The van der Waals surface area contributed by atoms with E-state index in [1.54, 1.807) is 24.3 Å². The van der Waals surface area contributed by atoms with Gasteiger partial charge in [-0.25, -0.2) is 9.18 Å². The number of methoxy groups -OCH3 is 1. The Morgan fingerprint density at radius 1 is 1.24 bits per heavy atom. The van der Waals surface area contributed by atoms with Crippen molar-refractivity contribution < 1.29 is 18.7 Å². The fourth-order valence-corrected chi connectivity index (χ4v) is 1.74. The lowest BCUT2D eigenvalue weighted by molar-refractivity contribution is 0.0600. The number of nitrogens with zero attached hydrogens (tertiary/aromatic N) is 1. The molecule has 0 fully saturated rings. The van der Waals surface area contributed by atoms with Gasteiger partial charge in [0.05, 0.1) is 24.3 Å². The number of ether oxygens (including phenoxy) is 2. The Hall–Kier alpha value is -2.87. The van der Waals surface area contributed by atoms with Crippen molar-refractivity contribution in [3.63, 3.8) is 0 Å². The third kappa shape index (κ3) is 3.57. The molecule has 2 aromatic rings. The molecule has 0 bridgehead atoms. The highest BCUT2D eigenvalue weighted by atomic mass is 19.1. The number of benzene rings is 2. The summed E-state index contributed by atoms with van der Waals surface area (Å²) in [4.78, 5) is 11.3. The summed E-state index contributed by atoms with van der Waals surface area (Å²) >= 11 is 0. The number of rotatable bonds is 4. The average Bonchev–Trinajstić information content (AvgIpc) is 2.53. The fourth-order valence-electron chi connectivity index (χ4n) is 1.74. The van der Waals surface area contributed by atoms with Crippen LogP contribution < -0.4 is 4.74 Å². The van der Waals surface area contributed by atoms with E-state index in [1.807, 2.05) is 6.07 Å². The Bertz CT molecular complexity index is 690. The van der Waals surface area contributed by atoms with Crippen molar-refractivity contribution in [1.82, 2.24) is 0 Å². The highest BCUT2D eigenvalue weighted by Crippen LogP contribution is 2.17. The van der Waals surface area contributed by atoms with Gasteiger partial charge in [0.15, 0.2) is 0 Å². The molecule has 0 radical (unpaired) electrons. The van der Waals surface area contributed by atoms with E-state index in [2.05, 4.69) is 4.74 Å². The van der Waals surface area contributed by atoms with Crippen LogP contribution in [0.4, 0.5) is 4.39 Å². The average molecular weight is 285 g/mol. The molecule has 21 heavy (non-hydrogen) atoms. The summed E-state index contributed by atoms with van der Waals surface area (Å²) in [5.74, 6) is -0.347. The maximum atomic E-state index is 13.0. The molecule has 106 valence electrons. The van der Waals surface area contributed by atoms with Crippen molar-refractivity contribution in [2.45, 2.75) is 6.61 Å². The minimum absolute atomic E-state index is 0.140. The van der Waals surface area contributed by atoms with Crippen LogP contribution in [0.25, 0.3) is 0 Å². The second kappa shape index (κ2) is 6.53. The molecule has 0 saturated heterocycles. The number of hydrogen-bond donors (Lipinski definition) is 0. The summed E-state index contributed by atoms with van der Waals surface area (Å²) in [5.41, 5.74) is 1.25. The number of carbonyl (C=O) groups is 1. The van der Waals surface area contributed by atoms with Gasteiger partial charge in [-0.05, 0) is 36.4 Å². The first-order valence-corrected chi connectivity index (χ1v) is 6.13. The molecule has 0 spiro atoms. The quantitative estimate of drug-likeness (QED) is 0.810. The van der Waals surface area contributed by atoms with E-state index < -0.39 is 11.8 Å². The minimum Gasteiger partial charge on any atom is -0.489 e. The van der Waals surface area contributed by atoms with Gasteiger partial charge >= 0.3 is 5.97 Å². The number of halogens is 1. The van der Waals surface area contributed by atoms with Gasteiger partial charge in [-0.3, -0.25) is 0 Å². The first-order valence-electron chi connectivity index (χ1n) is 6.13. The number of hydrogen-bond acceptors (Lipinski definition) is 4. The molecule has 2 rings (SSSR count). The fraction of sp³-hybridized carbons (Fsp3) is 0.125. The van der Waals surface area contributed by atoms with E-state index in [0.717, 1.165) is 0 Å². The SMILES string of the molecule is COC(=O)c1ccc(OCc2ccc(F)cc2C#N)cc1. The molecule has 4 nitrogen and oxygen atoms in total. The van der Waals surface area contributed by atoms with E-state index >= 15 is 0 Å².